The molecule has 0 unspecified atom stereocenters. The molecule has 2 aromatic carbocycles. The molecule has 0 spiro atoms. The van der Waals surface area contributed by atoms with E-state index in [4.69, 9.17) is 4.42 Å². The normalized spacial score (nSPS) is 13.1. The first-order valence-corrected chi connectivity index (χ1v) is 11.5. The van der Waals surface area contributed by atoms with Crippen molar-refractivity contribution in [2.75, 3.05) is 6.54 Å². The van der Waals surface area contributed by atoms with Crippen molar-refractivity contribution in [3.8, 4) is 5.75 Å². The van der Waals surface area contributed by atoms with Crippen LogP contribution in [0.1, 0.15) is 38.5 Å². The first-order chi connectivity index (χ1) is 16.6. The topological polar surface area (TPSA) is 69.8 Å². The summed E-state index contributed by atoms with van der Waals surface area (Å²) in [4.78, 5) is 21.7. The Morgan fingerprint density at radius 1 is 0.971 bits per heavy atom. The van der Waals surface area contributed by atoms with Gasteiger partial charge in [-0.3, -0.25) is 14.7 Å². The average molecular weight is 454 g/mol. The molecular formula is C28H27N3O3. The number of benzene rings is 2. The Hall–Kier alpha value is -3.90. The highest BCUT2D eigenvalue weighted by Gasteiger charge is 2.22. The second-order valence-electron chi connectivity index (χ2n) is 8.67. The second kappa shape index (κ2) is 9.93. The number of carbonyl (C=O) groups is 1. The number of nitrogens with zero attached hydrogens (tertiary/aromatic N) is 3. The molecule has 2 aromatic heterocycles. The summed E-state index contributed by atoms with van der Waals surface area (Å²) in [6.45, 7) is 3.28. The Balaban J connectivity index is 1.27. The maximum Gasteiger partial charge on any atom is 0.254 e. The molecule has 5 rings (SSSR count). The summed E-state index contributed by atoms with van der Waals surface area (Å²) in [5, 5.41) is 9.79. The number of furan rings is 1. The third kappa shape index (κ3) is 5.18. The number of rotatable bonds is 7. The van der Waals surface area contributed by atoms with Crippen molar-refractivity contribution >= 4 is 5.91 Å². The Morgan fingerprint density at radius 3 is 2.62 bits per heavy atom. The van der Waals surface area contributed by atoms with E-state index in [1.807, 2.05) is 65.6 Å². The molecule has 0 radical (unpaired) electrons. The molecule has 6 heteroatoms. The second-order valence-corrected chi connectivity index (χ2v) is 8.67. The highest BCUT2D eigenvalue weighted by molar-refractivity contribution is 5.94. The Morgan fingerprint density at radius 2 is 1.85 bits per heavy atom. The van der Waals surface area contributed by atoms with E-state index in [1.165, 1.54) is 5.56 Å². The third-order valence-corrected chi connectivity index (χ3v) is 6.17. The van der Waals surface area contributed by atoms with Gasteiger partial charge in [-0.15, -0.1) is 0 Å². The molecule has 0 bridgehead atoms. The van der Waals surface area contributed by atoms with Gasteiger partial charge in [-0.05, 0) is 71.6 Å². The van der Waals surface area contributed by atoms with Crippen molar-refractivity contribution in [1.29, 1.82) is 0 Å². The van der Waals surface area contributed by atoms with Crippen molar-refractivity contribution < 1.29 is 14.3 Å². The standard InChI is InChI=1S/C28H27N3O3/c32-26-11-10-22-12-14-31(18-24(22)16-26)28(33)23-8-6-21(7-9-23)17-30(20-27-5-3-15-34-27)19-25-4-1-2-13-29-25/h1-11,13,15-16,32H,12,14,17-20H2. The molecule has 0 saturated carbocycles. The van der Waals surface area contributed by atoms with Gasteiger partial charge in [-0.1, -0.05) is 24.3 Å². The van der Waals surface area contributed by atoms with Crippen LogP contribution >= 0.6 is 0 Å². The number of amides is 1. The highest BCUT2D eigenvalue weighted by atomic mass is 16.3. The summed E-state index contributed by atoms with van der Waals surface area (Å²) in [6, 6.07) is 23.1. The summed E-state index contributed by atoms with van der Waals surface area (Å²) >= 11 is 0. The van der Waals surface area contributed by atoms with Gasteiger partial charge in [0.25, 0.3) is 5.91 Å². The molecule has 0 aliphatic carbocycles. The van der Waals surface area contributed by atoms with E-state index in [9.17, 15) is 9.90 Å². The molecule has 1 N–H and O–H groups in total. The largest absolute Gasteiger partial charge is 0.508 e. The number of hydrogen-bond acceptors (Lipinski definition) is 5. The Bertz CT molecular complexity index is 1240. The zero-order valence-corrected chi connectivity index (χ0v) is 18.9. The van der Waals surface area contributed by atoms with Crippen LogP contribution in [0, 0.1) is 0 Å². The fraction of sp³-hybridized carbons (Fsp3) is 0.214. The summed E-state index contributed by atoms with van der Waals surface area (Å²) in [5.41, 5.74) is 5.00. The molecule has 1 aliphatic heterocycles. The van der Waals surface area contributed by atoms with E-state index in [-0.39, 0.29) is 11.7 Å². The molecule has 1 aliphatic rings. The smallest absolute Gasteiger partial charge is 0.254 e. The van der Waals surface area contributed by atoms with Gasteiger partial charge >= 0.3 is 0 Å². The van der Waals surface area contributed by atoms with Crippen LogP contribution in [0.5, 0.6) is 5.75 Å². The quantitative estimate of drug-likeness (QED) is 0.436. The Kier molecular flexibility index (Phi) is 6.40. The lowest BCUT2D eigenvalue weighted by atomic mass is 9.98. The lowest BCUT2D eigenvalue weighted by Gasteiger charge is -2.29. The van der Waals surface area contributed by atoms with Gasteiger partial charge in [0.15, 0.2) is 0 Å². The van der Waals surface area contributed by atoms with Gasteiger partial charge in [0.2, 0.25) is 0 Å². The van der Waals surface area contributed by atoms with Crippen molar-refractivity contribution in [2.45, 2.75) is 32.6 Å². The molecule has 0 fully saturated rings. The summed E-state index contributed by atoms with van der Waals surface area (Å²) < 4.78 is 5.56. The third-order valence-electron chi connectivity index (χ3n) is 6.17. The first-order valence-electron chi connectivity index (χ1n) is 11.5. The van der Waals surface area contributed by atoms with Crippen LogP contribution in [0.15, 0.2) is 89.7 Å². The minimum absolute atomic E-state index is 0.0153. The van der Waals surface area contributed by atoms with Gasteiger partial charge in [-0.25, -0.2) is 0 Å². The molecule has 34 heavy (non-hydrogen) atoms. The SMILES string of the molecule is O=C(c1ccc(CN(Cc2ccccn2)Cc2ccco2)cc1)N1CCc2ccc(O)cc2C1. The van der Waals surface area contributed by atoms with Crippen LogP contribution < -0.4 is 0 Å². The van der Waals surface area contributed by atoms with E-state index in [2.05, 4.69) is 9.88 Å². The minimum atomic E-state index is 0.0153. The number of aromatic nitrogens is 1. The molecule has 3 heterocycles. The summed E-state index contributed by atoms with van der Waals surface area (Å²) in [5.74, 6) is 1.16. The maximum absolute atomic E-state index is 13.1. The van der Waals surface area contributed by atoms with Crippen molar-refractivity contribution in [3.05, 3.63) is 119 Å². The molecule has 0 saturated heterocycles. The average Bonchev–Trinajstić information content (AvgIpc) is 3.37. The van der Waals surface area contributed by atoms with Gasteiger partial charge < -0.3 is 14.4 Å². The number of fused-ring (bicyclic) bond motifs is 1. The zero-order valence-electron chi connectivity index (χ0n) is 18.9. The van der Waals surface area contributed by atoms with Crippen LogP contribution in [0.2, 0.25) is 0 Å². The molecular weight excluding hydrogens is 426 g/mol. The van der Waals surface area contributed by atoms with Crippen LogP contribution in [0.25, 0.3) is 0 Å². The van der Waals surface area contributed by atoms with Crippen LogP contribution in [0.3, 0.4) is 0 Å². The van der Waals surface area contributed by atoms with Crippen molar-refractivity contribution in [2.24, 2.45) is 0 Å². The minimum Gasteiger partial charge on any atom is -0.508 e. The molecule has 6 nitrogen and oxygen atoms in total. The predicted molar refractivity (Wildman–Crippen MR) is 129 cm³/mol. The van der Waals surface area contributed by atoms with E-state index in [1.54, 1.807) is 24.6 Å². The monoisotopic (exact) mass is 453 g/mol. The number of phenols is 1. The van der Waals surface area contributed by atoms with E-state index >= 15 is 0 Å². The van der Waals surface area contributed by atoms with E-state index in [0.717, 1.165) is 29.0 Å². The molecule has 0 atom stereocenters. The van der Waals surface area contributed by atoms with E-state index in [0.29, 0.717) is 38.3 Å². The van der Waals surface area contributed by atoms with Crippen LogP contribution in [0.4, 0.5) is 0 Å². The lowest BCUT2D eigenvalue weighted by molar-refractivity contribution is 0.0734. The molecule has 4 aromatic rings. The van der Waals surface area contributed by atoms with Gasteiger partial charge in [0, 0.05) is 37.9 Å². The number of pyridine rings is 1. The van der Waals surface area contributed by atoms with Crippen LogP contribution in [-0.2, 0) is 32.6 Å². The maximum atomic E-state index is 13.1. The van der Waals surface area contributed by atoms with Crippen molar-refractivity contribution in [1.82, 2.24) is 14.8 Å². The Labute approximate surface area is 199 Å². The number of aromatic hydroxyl groups is 1. The molecule has 172 valence electrons. The van der Waals surface area contributed by atoms with Gasteiger partial charge in [0.1, 0.15) is 11.5 Å². The summed E-state index contributed by atoms with van der Waals surface area (Å²) in [7, 11) is 0. The number of hydrogen-bond donors (Lipinski definition) is 1. The van der Waals surface area contributed by atoms with Crippen molar-refractivity contribution in [3.63, 3.8) is 0 Å². The fourth-order valence-electron chi connectivity index (χ4n) is 4.42. The number of carbonyl (C=O) groups excluding carboxylic acids is 1. The summed E-state index contributed by atoms with van der Waals surface area (Å²) in [6.07, 6.45) is 4.30. The van der Waals surface area contributed by atoms with Gasteiger partial charge in [0.05, 0.1) is 18.5 Å². The number of phenolic OH excluding ortho intramolecular Hbond substituents is 1. The van der Waals surface area contributed by atoms with Gasteiger partial charge in [-0.2, -0.15) is 0 Å². The first kappa shape index (κ1) is 21.9. The zero-order chi connectivity index (χ0) is 23.3. The molecule has 1 amide bonds. The highest BCUT2D eigenvalue weighted by Crippen LogP contribution is 2.24. The fourth-order valence-corrected chi connectivity index (χ4v) is 4.42. The van der Waals surface area contributed by atoms with E-state index < -0.39 is 0 Å². The van der Waals surface area contributed by atoms with Crippen LogP contribution in [-0.4, -0.2) is 32.3 Å². The predicted octanol–water partition coefficient (Wildman–Crippen LogP) is 4.78. The lowest BCUT2D eigenvalue weighted by Crippen LogP contribution is -2.35.